The van der Waals surface area contributed by atoms with Crippen molar-refractivity contribution in [2.75, 3.05) is 12.3 Å². The van der Waals surface area contributed by atoms with Crippen molar-refractivity contribution in [1.82, 2.24) is 29.8 Å². The van der Waals surface area contributed by atoms with Crippen LogP contribution in [-0.2, 0) is 16.1 Å². The molecule has 4 N–H and O–H groups in total. The van der Waals surface area contributed by atoms with Crippen molar-refractivity contribution < 1.29 is 23.9 Å². The molecule has 4 heterocycles. The van der Waals surface area contributed by atoms with E-state index in [9.17, 15) is 15.0 Å². The van der Waals surface area contributed by atoms with E-state index in [-0.39, 0.29) is 11.5 Å². The summed E-state index contributed by atoms with van der Waals surface area (Å²) in [5.74, 6) is -0.544. The highest BCUT2D eigenvalue weighted by Crippen LogP contribution is 2.34. The van der Waals surface area contributed by atoms with Crippen LogP contribution in [0.2, 0.25) is 10.0 Å². The molecule has 0 bridgehead atoms. The van der Waals surface area contributed by atoms with Crippen molar-refractivity contribution in [3.8, 4) is 11.4 Å². The molecule has 0 radical (unpaired) electrons. The summed E-state index contributed by atoms with van der Waals surface area (Å²) >= 11 is 12.4. The number of aromatic nitrogens is 5. The highest BCUT2D eigenvalue weighted by molar-refractivity contribution is 6.31. The Bertz CT molecular complexity index is 1570. The van der Waals surface area contributed by atoms with Crippen LogP contribution in [0.25, 0.3) is 22.6 Å². The second-order valence-corrected chi connectivity index (χ2v) is 9.39. The van der Waals surface area contributed by atoms with E-state index in [2.05, 4.69) is 25.3 Å². The van der Waals surface area contributed by atoms with E-state index in [0.29, 0.717) is 33.5 Å². The number of aryl methyl sites for hydroxylation is 1. The van der Waals surface area contributed by atoms with Crippen molar-refractivity contribution >= 4 is 46.1 Å². The number of rotatable bonds is 6. The Kier molecular flexibility index (Phi) is 5.98. The molecule has 13 heteroatoms. The minimum absolute atomic E-state index is 0.197. The largest absolute Gasteiger partial charge is 0.387 e. The molecule has 37 heavy (non-hydrogen) atoms. The Morgan fingerprint density at radius 3 is 2.76 bits per heavy atom. The van der Waals surface area contributed by atoms with Gasteiger partial charge in [0.15, 0.2) is 35.1 Å². The quantitative estimate of drug-likeness (QED) is 0.286. The standard InChI is InChI=1S/C24H23Cl2N7O4/c1-11-3-12(5-14(25)4-11)7-29-21-16-22(32-20(31-21)13-6-15(26)9-28-8-13)33(10-30-16)24-18(35)17(34)19(37-24)23(36)27-2/h3-6,8-10,17-19,24,34-35H,7H2,1-2H3,(H,27,36)(H,29,31,32)/t17-,18+,19-,24+/m0/s1/i2D3. The molecule has 1 fully saturated rings. The Labute approximate surface area is 225 Å². The van der Waals surface area contributed by atoms with E-state index in [4.69, 9.17) is 32.1 Å². The van der Waals surface area contributed by atoms with Crippen LogP contribution in [0.3, 0.4) is 0 Å². The van der Waals surface area contributed by atoms with Crippen LogP contribution in [0, 0.1) is 6.92 Å². The molecule has 192 valence electrons. The number of pyridine rings is 1. The first-order valence-electron chi connectivity index (χ1n) is 12.6. The molecule has 1 aromatic carbocycles. The third-order valence-electron chi connectivity index (χ3n) is 5.84. The Hall–Kier alpha value is -3.35. The highest BCUT2D eigenvalue weighted by atomic mass is 35.5. The first-order valence-corrected chi connectivity index (χ1v) is 11.8. The SMILES string of the molecule is [2H]C([2H])([2H])NC(=O)[C@H]1O[C@@H](n2cnc3c(NCc4cc(C)cc(Cl)c4)nc(-c4cncc(Cl)c4)nc32)[C@H](O)[C@@H]1O. The number of benzene rings is 1. The summed E-state index contributed by atoms with van der Waals surface area (Å²) in [4.78, 5) is 30.1. The van der Waals surface area contributed by atoms with Gasteiger partial charge in [-0.15, -0.1) is 0 Å². The molecule has 1 amide bonds. The second-order valence-electron chi connectivity index (χ2n) is 8.52. The number of amides is 1. The van der Waals surface area contributed by atoms with E-state index in [1.807, 2.05) is 25.1 Å². The maximum absolute atomic E-state index is 12.4. The summed E-state index contributed by atoms with van der Waals surface area (Å²) in [5, 5.41) is 27.2. The zero-order valence-corrected chi connectivity index (χ0v) is 20.8. The number of hydrogen-bond acceptors (Lipinski definition) is 9. The van der Waals surface area contributed by atoms with E-state index >= 15 is 0 Å². The normalized spacial score (nSPS) is 22.9. The predicted molar refractivity (Wildman–Crippen MR) is 137 cm³/mol. The van der Waals surface area contributed by atoms with Gasteiger partial charge in [-0.2, -0.15) is 0 Å². The zero-order valence-electron chi connectivity index (χ0n) is 22.3. The molecule has 11 nitrogen and oxygen atoms in total. The van der Waals surface area contributed by atoms with Crippen molar-refractivity contribution in [1.29, 1.82) is 0 Å². The lowest BCUT2D eigenvalue weighted by Crippen LogP contribution is -2.41. The summed E-state index contributed by atoms with van der Waals surface area (Å²) in [6.07, 6.45) is -2.00. The van der Waals surface area contributed by atoms with Crippen LogP contribution in [-0.4, -0.2) is 65.9 Å². The number of hydrogen-bond donors (Lipinski definition) is 4. The number of carbonyl (C=O) groups is 1. The maximum Gasteiger partial charge on any atom is 0.251 e. The van der Waals surface area contributed by atoms with Gasteiger partial charge in [0.1, 0.15) is 12.2 Å². The summed E-state index contributed by atoms with van der Waals surface area (Å²) in [5.41, 5.74) is 2.87. The van der Waals surface area contributed by atoms with Gasteiger partial charge in [-0.25, -0.2) is 15.0 Å². The first-order chi connectivity index (χ1) is 18.9. The van der Waals surface area contributed by atoms with Crippen LogP contribution < -0.4 is 10.6 Å². The number of carbonyl (C=O) groups excluding carboxylic acids is 1. The number of ether oxygens (including phenoxy) is 1. The second kappa shape index (κ2) is 10.2. The third-order valence-corrected chi connectivity index (χ3v) is 6.27. The topological polar surface area (TPSA) is 147 Å². The van der Waals surface area contributed by atoms with Crippen LogP contribution in [0.5, 0.6) is 0 Å². The Balaban J connectivity index is 1.54. The highest BCUT2D eigenvalue weighted by Gasteiger charge is 2.47. The van der Waals surface area contributed by atoms with Gasteiger partial charge >= 0.3 is 0 Å². The van der Waals surface area contributed by atoms with Crippen LogP contribution in [0.15, 0.2) is 43.0 Å². The number of aliphatic hydroxyl groups is 2. The number of aliphatic hydroxyl groups excluding tert-OH is 2. The lowest BCUT2D eigenvalue weighted by Gasteiger charge is -2.17. The number of fused-ring (bicyclic) bond motifs is 1. The van der Waals surface area contributed by atoms with Crippen LogP contribution in [0.4, 0.5) is 5.82 Å². The molecule has 0 spiro atoms. The van der Waals surface area contributed by atoms with Gasteiger partial charge in [0.2, 0.25) is 0 Å². The zero-order chi connectivity index (χ0) is 28.8. The summed E-state index contributed by atoms with van der Waals surface area (Å²) in [6.45, 7) is -0.538. The molecule has 1 saturated heterocycles. The minimum Gasteiger partial charge on any atom is -0.387 e. The van der Waals surface area contributed by atoms with Gasteiger partial charge in [0.25, 0.3) is 5.91 Å². The molecule has 1 aliphatic heterocycles. The van der Waals surface area contributed by atoms with Crippen molar-refractivity contribution in [2.45, 2.75) is 38.0 Å². The fourth-order valence-electron chi connectivity index (χ4n) is 4.17. The van der Waals surface area contributed by atoms with Crippen molar-refractivity contribution in [2.24, 2.45) is 0 Å². The lowest BCUT2D eigenvalue weighted by atomic mass is 10.1. The molecule has 0 saturated carbocycles. The minimum atomic E-state index is -2.81. The van der Waals surface area contributed by atoms with E-state index < -0.39 is 37.4 Å². The summed E-state index contributed by atoms with van der Waals surface area (Å²) in [7, 11) is 0. The van der Waals surface area contributed by atoms with Gasteiger partial charge in [-0.05, 0) is 36.2 Å². The van der Waals surface area contributed by atoms with Gasteiger partial charge < -0.3 is 25.6 Å². The molecule has 4 aromatic rings. The molecule has 0 unspecified atom stereocenters. The number of halogens is 2. The maximum atomic E-state index is 12.4. The smallest absolute Gasteiger partial charge is 0.251 e. The third kappa shape index (κ3) is 4.96. The molecule has 1 aliphatic rings. The molecular weight excluding hydrogens is 521 g/mol. The van der Waals surface area contributed by atoms with E-state index in [1.165, 1.54) is 23.3 Å². The number of imidazole rings is 1. The van der Waals surface area contributed by atoms with E-state index in [1.54, 1.807) is 11.4 Å². The number of nitrogens with one attached hydrogen (secondary N) is 2. The summed E-state index contributed by atoms with van der Waals surface area (Å²) < 4.78 is 28.7. The van der Waals surface area contributed by atoms with Gasteiger partial charge in [0, 0.05) is 40.6 Å². The molecular formula is C24H23Cl2N7O4. The monoisotopic (exact) mass is 546 g/mol. The Morgan fingerprint density at radius 1 is 1.16 bits per heavy atom. The van der Waals surface area contributed by atoms with E-state index in [0.717, 1.165) is 11.1 Å². The Morgan fingerprint density at radius 2 is 2.00 bits per heavy atom. The van der Waals surface area contributed by atoms with Crippen molar-refractivity contribution in [3.63, 3.8) is 0 Å². The lowest BCUT2D eigenvalue weighted by molar-refractivity contribution is -0.137. The van der Waals surface area contributed by atoms with Gasteiger partial charge in [0.05, 0.1) is 11.3 Å². The van der Waals surface area contributed by atoms with Gasteiger partial charge in [-0.3, -0.25) is 14.3 Å². The fraction of sp³-hybridized carbons (Fsp3) is 0.292. The van der Waals surface area contributed by atoms with Crippen molar-refractivity contribution in [3.05, 3.63) is 64.2 Å². The van der Waals surface area contributed by atoms with Crippen LogP contribution in [0.1, 0.15) is 21.5 Å². The first kappa shape index (κ1) is 21.7. The van der Waals surface area contributed by atoms with Crippen LogP contribution >= 0.6 is 23.2 Å². The molecule has 3 aromatic heterocycles. The number of anilines is 1. The average molecular weight is 547 g/mol. The fourth-order valence-corrected chi connectivity index (χ4v) is 4.65. The predicted octanol–water partition coefficient (Wildman–Crippen LogP) is 2.48. The average Bonchev–Trinajstić information content (AvgIpc) is 3.41. The van der Waals surface area contributed by atoms with Gasteiger partial charge in [-0.1, -0.05) is 29.3 Å². The summed E-state index contributed by atoms with van der Waals surface area (Å²) in [6, 6.07) is 7.24. The molecule has 5 rings (SSSR count). The number of likely N-dealkylation sites (N-methyl/N-ethyl adjacent to an activating group) is 1. The molecule has 4 atom stereocenters. The number of nitrogens with zero attached hydrogens (tertiary/aromatic N) is 5. The molecule has 0 aliphatic carbocycles.